The number of ether oxygens (including phenoxy) is 2. The van der Waals surface area contributed by atoms with E-state index in [4.69, 9.17) is 9.47 Å². The quantitative estimate of drug-likeness (QED) is 0.805. The van der Waals surface area contributed by atoms with E-state index in [9.17, 15) is 9.59 Å². The summed E-state index contributed by atoms with van der Waals surface area (Å²) in [6, 6.07) is 1.54. The van der Waals surface area contributed by atoms with Gasteiger partial charge in [-0.2, -0.15) is 11.3 Å². The van der Waals surface area contributed by atoms with Crippen LogP contribution in [0.2, 0.25) is 0 Å². The van der Waals surface area contributed by atoms with Gasteiger partial charge in [0.05, 0.1) is 19.3 Å². The second-order valence-corrected chi connectivity index (χ2v) is 6.82. The van der Waals surface area contributed by atoms with Crippen molar-refractivity contribution in [2.24, 2.45) is 0 Å². The van der Waals surface area contributed by atoms with Gasteiger partial charge in [-0.1, -0.05) is 0 Å². The fraction of sp³-hybridized carbons (Fsp3) is 0.600. The van der Waals surface area contributed by atoms with Gasteiger partial charge in [-0.3, -0.25) is 4.79 Å². The van der Waals surface area contributed by atoms with Crippen molar-refractivity contribution in [1.29, 1.82) is 0 Å². The van der Waals surface area contributed by atoms with Crippen molar-refractivity contribution in [1.82, 2.24) is 4.90 Å². The number of nitrogens with zero attached hydrogens (tertiary/aromatic N) is 1. The average molecular weight is 311 g/mol. The molecular weight excluding hydrogens is 290 g/mol. The van der Waals surface area contributed by atoms with Crippen LogP contribution in [0.3, 0.4) is 0 Å². The lowest BCUT2D eigenvalue weighted by Gasteiger charge is -2.36. The Morgan fingerprint density at radius 3 is 2.86 bits per heavy atom. The van der Waals surface area contributed by atoms with Gasteiger partial charge in [0.15, 0.2) is 5.78 Å². The van der Waals surface area contributed by atoms with Gasteiger partial charge < -0.3 is 14.4 Å². The molecule has 1 unspecified atom stereocenters. The van der Waals surface area contributed by atoms with Crippen molar-refractivity contribution in [3.05, 3.63) is 22.4 Å². The summed E-state index contributed by atoms with van der Waals surface area (Å²) in [6.07, 6.45) is -0.121. The summed E-state index contributed by atoms with van der Waals surface area (Å²) >= 11 is 1.49. The molecule has 116 valence electrons. The number of hydrogen-bond donors (Lipinski definition) is 0. The molecule has 0 aliphatic carbocycles. The molecule has 2 heterocycles. The molecule has 1 aromatic heterocycles. The van der Waals surface area contributed by atoms with Crippen molar-refractivity contribution < 1.29 is 19.1 Å². The Morgan fingerprint density at radius 2 is 2.24 bits per heavy atom. The molecule has 0 bridgehead atoms. The summed E-state index contributed by atoms with van der Waals surface area (Å²) < 4.78 is 10.8. The minimum absolute atomic E-state index is 0.0281. The molecular formula is C15H21NO4S. The summed E-state index contributed by atoms with van der Waals surface area (Å²) in [5, 5.41) is 3.69. The average Bonchev–Trinajstić information content (AvgIpc) is 2.91. The van der Waals surface area contributed by atoms with Crippen molar-refractivity contribution in [3.8, 4) is 0 Å². The first-order chi connectivity index (χ1) is 9.87. The minimum atomic E-state index is -0.544. The van der Waals surface area contributed by atoms with E-state index in [1.807, 2.05) is 31.5 Å². The van der Waals surface area contributed by atoms with Gasteiger partial charge in [0.1, 0.15) is 5.60 Å². The van der Waals surface area contributed by atoms with Crippen LogP contribution in [0, 0.1) is 0 Å². The Labute approximate surface area is 128 Å². The van der Waals surface area contributed by atoms with E-state index < -0.39 is 5.60 Å². The molecule has 0 saturated carbocycles. The Hall–Kier alpha value is -1.40. The van der Waals surface area contributed by atoms with Crippen LogP contribution < -0.4 is 0 Å². The van der Waals surface area contributed by atoms with Crippen LogP contribution in [0.25, 0.3) is 0 Å². The smallest absolute Gasteiger partial charge is 0.410 e. The Bertz CT molecular complexity index is 492. The van der Waals surface area contributed by atoms with Crippen LogP contribution in [-0.2, 0) is 9.47 Å². The van der Waals surface area contributed by atoms with Gasteiger partial charge in [0, 0.05) is 23.9 Å². The minimum Gasteiger partial charge on any atom is -0.444 e. The van der Waals surface area contributed by atoms with E-state index in [1.165, 1.54) is 11.3 Å². The third-order valence-corrected chi connectivity index (χ3v) is 3.80. The second-order valence-electron chi connectivity index (χ2n) is 6.04. The highest BCUT2D eigenvalue weighted by Crippen LogP contribution is 2.19. The molecule has 1 aromatic rings. The first-order valence-corrected chi connectivity index (χ1v) is 7.94. The van der Waals surface area contributed by atoms with Crippen LogP contribution in [-0.4, -0.2) is 48.2 Å². The SMILES string of the molecule is CC(C)(C)OC(=O)N1CCOCC1CC(=O)c1ccsc1. The van der Waals surface area contributed by atoms with Gasteiger partial charge in [0.2, 0.25) is 0 Å². The number of morpholine rings is 1. The molecule has 2 rings (SSSR count). The topological polar surface area (TPSA) is 55.8 Å². The number of carbonyl (C=O) groups is 2. The molecule has 0 spiro atoms. The van der Waals surface area contributed by atoms with Crippen molar-refractivity contribution in [2.45, 2.75) is 38.8 Å². The summed E-state index contributed by atoms with van der Waals surface area (Å²) in [4.78, 5) is 26.0. The van der Waals surface area contributed by atoms with Crippen LogP contribution in [0.15, 0.2) is 16.8 Å². The standard InChI is InChI=1S/C15H21NO4S/c1-15(2,3)20-14(18)16-5-6-19-9-12(16)8-13(17)11-4-7-21-10-11/h4,7,10,12H,5-6,8-9H2,1-3H3. The number of thiophene rings is 1. The maximum absolute atomic E-state index is 12.2. The molecule has 1 aliphatic rings. The lowest BCUT2D eigenvalue weighted by atomic mass is 10.0. The van der Waals surface area contributed by atoms with Crippen LogP contribution in [0.1, 0.15) is 37.6 Å². The molecule has 1 aliphatic heterocycles. The normalized spacial score (nSPS) is 19.4. The van der Waals surface area contributed by atoms with E-state index >= 15 is 0 Å². The molecule has 0 radical (unpaired) electrons. The summed E-state index contributed by atoms with van der Waals surface area (Å²) in [5.74, 6) is 0.0281. The molecule has 0 N–H and O–H groups in total. The Morgan fingerprint density at radius 1 is 1.48 bits per heavy atom. The predicted molar refractivity (Wildman–Crippen MR) is 80.8 cm³/mol. The van der Waals surface area contributed by atoms with Gasteiger partial charge in [-0.25, -0.2) is 4.79 Å². The number of Topliss-reactive ketones (excluding diaryl/α,β-unsaturated/α-hetero) is 1. The van der Waals surface area contributed by atoms with Gasteiger partial charge in [-0.05, 0) is 32.2 Å². The van der Waals surface area contributed by atoms with Crippen molar-refractivity contribution in [3.63, 3.8) is 0 Å². The van der Waals surface area contributed by atoms with Crippen LogP contribution in [0.4, 0.5) is 4.79 Å². The summed E-state index contributed by atoms with van der Waals surface area (Å²) in [6.45, 7) is 6.79. The fourth-order valence-electron chi connectivity index (χ4n) is 2.14. The lowest BCUT2D eigenvalue weighted by molar-refractivity contribution is -0.0322. The molecule has 6 heteroatoms. The zero-order valence-corrected chi connectivity index (χ0v) is 13.4. The molecule has 1 amide bonds. The molecule has 1 fully saturated rings. The number of amides is 1. The van der Waals surface area contributed by atoms with E-state index in [0.29, 0.717) is 25.3 Å². The van der Waals surface area contributed by atoms with E-state index in [1.54, 1.807) is 11.0 Å². The number of hydrogen-bond acceptors (Lipinski definition) is 5. The molecule has 5 nitrogen and oxygen atoms in total. The highest BCUT2D eigenvalue weighted by atomic mass is 32.1. The highest BCUT2D eigenvalue weighted by Gasteiger charge is 2.32. The first-order valence-electron chi connectivity index (χ1n) is 6.99. The zero-order chi connectivity index (χ0) is 15.5. The Kier molecular flexibility index (Phi) is 5.00. The van der Waals surface area contributed by atoms with Gasteiger partial charge in [-0.15, -0.1) is 0 Å². The monoisotopic (exact) mass is 311 g/mol. The Balaban J connectivity index is 2.02. The first kappa shape index (κ1) is 16.0. The predicted octanol–water partition coefficient (Wildman–Crippen LogP) is 2.96. The largest absolute Gasteiger partial charge is 0.444 e. The molecule has 1 saturated heterocycles. The zero-order valence-electron chi connectivity index (χ0n) is 12.6. The maximum atomic E-state index is 12.2. The number of carbonyl (C=O) groups excluding carboxylic acids is 2. The van der Waals surface area contributed by atoms with E-state index in [0.717, 1.165) is 0 Å². The van der Waals surface area contributed by atoms with E-state index in [2.05, 4.69) is 0 Å². The lowest BCUT2D eigenvalue weighted by Crippen LogP contribution is -2.51. The summed E-state index contributed by atoms with van der Waals surface area (Å²) in [7, 11) is 0. The van der Waals surface area contributed by atoms with Crippen molar-refractivity contribution >= 4 is 23.2 Å². The van der Waals surface area contributed by atoms with Crippen molar-refractivity contribution in [2.75, 3.05) is 19.8 Å². The van der Waals surface area contributed by atoms with Gasteiger partial charge >= 0.3 is 6.09 Å². The molecule has 21 heavy (non-hydrogen) atoms. The fourth-order valence-corrected chi connectivity index (χ4v) is 2.80. The molecule has 0 aromatic carbocycles. The number of rotatable bonds is 3. The molecule has 1 atom stereocenters. The van der Waals surface area contributed by atoms with Crippen LogP contribution >= 0.6 is 11.3 Å². The maximum Gasteiger partial charge on any atom is 0.410 e. The number of ketones is 1. The van der Waals surface area contributed by atoms with Crippen LogP contribution in [0.5, 0.6) is 0 Å². The van der Waals surface area contributed by atoms with Gasteiger partial charge in [0.25, 0.3) is 0 Å². The highest BCUT2D eigenvalue weighted by molar-refractivity contribution is 7.08. The summed E-state index contributed by atoms with van der Waals surface area (Å²) in [5.41, 5.74) is 0.145. The second kappa shape index (κ2) is 6.58. The van der Waals surface area contributed by atoms with E-state index in [-0.39, 0.29) is 24.3 Å². The third-order valence-electron chi connectivity index (χ3n) is 3.12. The third kappa shape index (κ3) is 4.54.